The van der Waals surface area contributed by atoms with E-state index < -0.39 is 5.97 Å². The Morgan fingerprint density at radius 2 is 2.04 bits per heavy atom. The van der Waals surface area contributed by atoms with Crippen LogP contribution in [0.2, 0.25) is 5.02 Å². The van der Waals surface area contributed by atoms with E-state index in [1.807, 2.05) is 6.92 Å². The van der Waals surface area contributed by atoms with Crippen LogP contribution in [0.25, 0.3) is 0 Å². The van der Waals surface area contributed by atoms with Crippen molar-refractivity contribution >= 4 is 29.4 Å². The number of aryl methyl sites for hydroxylation is 1. The molecule has 2 rings (SSSR count). The smallest absolute Gasteiger partial charge is 0.323 e. The third kappa shape index (κ3) is 6.13. The number of benzene rings is 1. The molecule has 0 aromatic heterocycles. The summed E-state index contributed by atoms with van der Waals surface area (Å²) in [5.74, 6) is -0.805. The SMILES string of the molecule is CC(=O)N(CC(=O)O)C1CCCN(C(=O)COc2ccc(Cl)cc2C)CC1. The summed E-state index contributed by atoms with van der Waals surface area (Å²) < 4.78 is 5.62. The molecule has 0 radical (unpaired) electrons. The minimum absolute atomic E-state index is 0.0707. The maximum absolute atomic E-state index is 12.5. The van der Waals surface area contributed by atoms with E-state index in [9.17, 15) is 14.4 Å². The van der Waals surface area contributed by atoms with Gasteiger partial charge in [0.1, 0.15) is 12.3 Å². The number of hydrogen-bond donors (Lipinski definition) is 1. The second kappa shape index (κ2) is 9.60. The number of halogens is 1. The number of carbonyl (C=O) groups is 3. The summed E-state index contributed by atoms with van der Waals surface area (Å²) in [5, 5.41) is 9.62. The van der Waals surface area contributed by atoms with Gasteiger partial charge in [0.05, 0.1) is 0 Å². The van der Waals surface area contributed by atoms with Gasteiger partial charge < -0.3 is 19.6 Å². The predicted octanol–water partition coefficient (Wildman–Crippen LogP) is 2.34. The summed E-state index contributed by atoms with van der Waals surface area (Å²) in [6.07, 6.45) is 1.94. The molecular weight excluding hydrogens is 372 g/mol. The molecule has 1 aliphatic rings. The van der Waals surface area contributed by atoms with Crippen molar-refractivity contribution in [2.75, 3.05) is 26.2 Å². The average molecular weight is 397 g/mol. The van der Waals surface area contributed by atoms with Crippen molar-refractivity contribution in [3.05, 3.63) is 28.8 Å². The summed E-state index contributed by atoms with van der Waals surface area (Å²) in [6, 6.07) is 5.05. The van der Waals surface area contributed by atoms with Crippen LogP contribution in [0.4, 0.5) is 0 Å². The van der Waals surface area contributed by atoms with E-state index in [1.165, 1.54) is 11.8 Å². The lowest BCUT2D eigenvalue weighted by Gasteiger charge is -2.28. The zero-order valence-electron chi connectivity index (χ0n) is 15.6. The minimum atomic E-state index is -1.03. The second-order valence-corrected chi connectivity index (χ2v) is 7.14. The molecule has 1 fully saturated rings. The van der Waals surface area contributed by atoms with Gasteiger partial charge in [0.2, 0.25) is 5.91 Å². The Morgan fingerprint density at radius 1 is 1.30 bits per heavy atom. The van der Waals surface area contributed by atoms with Gasteiger partial charge in [0.15, 0.2) is 6.61 Å². The highest BCUT2D eigenvalue weighted by Crippen LogP contribution is 2.22. The molecule has 1 atom stereocenters. The third-order valence-electron chi connectivity index (χ3n) is 4.69. The maximum Gasteiger partial charge on any atom is 0.323 e. The van der Waals surface area contributed by atoms with Crippen molar-refractivity contribution in [3.63, 3.8) is 0 Å². The normalized spacial score (nSPS) is 17.1. The quantitative estimate of drug-likeness (QED) is 0.797. The molecule has 1 heterocycles. The van der Waals surface area contributed by atoms with Crippen molar-refractivity contribution in [1.82, 2.24) is 9.80 Å². The van der Waals surface area contributed by atoms with Crippen LogP contribution in [0, 0.1) is 6.92 Å². The molecule has 7 nitrogen and oxygen atoms in total. The third-order valence-corrected chi connectivity index (χ3v) is 4.92. The number of carboxylic acid groups (broad SMARTS) is 1. The first-order chi connectivity index (χ1) is 12.8. The molecule has 1 aromatic rings. The second-order valence-electron chi connectivity index (χ2n) is 6.70. The number of likely N-dealkylation sites (tertiary alicyclic amines) is 1. The molecule has 1 saturated heterocycles. The van der Waals surface area contributed by atoms with Gasteiger partial charge >= 0.3 is 5.97 Å². The zero-order chi connectivity index (χ0) is 20.0. The number of rotatable bonds is 6. The number of aliphatic carboxylic acids is 1. The van der Waals surface area contributed by atoms with E-state index in [1.54, 1.807) is 23.1 Å². The van der Waals surface area contributed by atoms with Crippen LogP contribution in [-0.4, -0.2) is 65.0 Å². The van der Waals surface area contributed by atoms with Crippen LogP contribution in [0.5, 0.6) is 5.75 Å². The highest BCUT2D eigenvalue weighted by atomic mass is 35.5. The molecule has 0 saturated carbocycles. The van der Waals surface area contributed by atoms with Crippen LogP contribution in [0.3, 0.4) is 0 Å². The lowest BCUT2D eigenvalue weighted by Crippen LogP contribution is -2.43. The summed E-state index contributed by atoms with van der Waals surface area (Å²) in [4.78, 5) is 38.4. The summed E-state index contributed by atoms with van der Waals surface area (Å²) in [5.41, 5.74) is 0.858. The first kappa shape index (κ1) is 21.0. The Balaban J connectivity index is 1.91. The molecule has 0 aliphatic carbocycles. The van der Waals surface area contributed by atoms with Crippen molar-refractivity contribution < 1.29 is 24.2 Å². The summed E-state index contributed by atoms with van der Waals surface area (Å²) in [7, 11) is 0. The fourth-order valence-electron chi connectivity index (χ4n) is 3.29. The Bertz CT molecular complexity index is 709. The van der Waals surface area contributed by atoms with E-state index in [0.717, 1.165) is 5.56 Å². The van der Waals surface area contributed by atoms with Crippen molar-refractivity contribution in [1.29, 1.82) is 0 Å². The lowest BCUT2D eigenvalue weighted by atomic mass is 10.1. The van der Waals surface area contributed by atoms with Gasteiger partial charge in [-0.1, -0.05) is 11.6 Å². The summed E-state index contributed by atoms with van der Waals surface area (Å²) >= 11 is 5.92. The molecular formula is C19H25ClN2O5. The van der Waals surface area contributed by atoms with Gasteiger partial charge in [-0.3, -0.25) is 14.4 Å². The van der Waals surface area contributed by atoms with E-state index in [0.29, 0.717) is 43.1 Å². The first-order valence-corrected chi connectivity index (χ1v) is 9.31. The average Bonchev–Trinajstić information content (AvgIpc) is 2.84. The van der Waals surface area contributed by atoms with Gasteiger partial charge in [-0.25, -0.2) is 0 Å². The number of carbonyl (C=O) groups excluding carboxylic acids is 2. The van der Waals surface area contributed by atoms with Crippen molar-refractivity contribution in [2.45, 2.75) is 39.2 Å². The van der Waals surface area contributed by atoms with E-state index >= 15 is 0 Å². The van der Waals surface area contributed by atoms with Crippen molar-refractivity contribution in [2.24, 2.45) is 0 Å². The first-order valence-electron chi connectivity index (χ1n) is 8.93. The number of amides is 2. The van der Waals surface area contributed by atoms with Crippen LogP contribution >= 0.6 is 11.6 Å². The fraction of sp³-hybridized carbons (Fsp3) is 0.526. The van der Waals surface area contributed by atoms with Gasteiger partial charge in [-0.2, -0.15) is 0 Å². The molecule has 1 unspecified atom stereocenters. The van der Waals surface area contributed by atoms with E-state index in [-0.39, 0.29) is 31.0 Å². The van der Waals surface area contributed by atoms with Crippen molar-refractivity contribution in [3.8, 4) is 5.75 Å². The standard InChI is InChI=1S/C19H25ClN2O5/c1-13-10-15(20)5-6-17(13)27-12-18(24)21-8-3-4-16(7-9-21)22(14(2)23)11-19(25)26/h5-6,10,16H,3-4,7-9,11-12H2,1-2H3,(H,25,26). The molecule has 1 aromatic carbocycles. The van der Waals surface area contributed by atoms with Gasteiger partial charge in [-0.05, 0) is 49.9 Å². The summed E-state index contributed by atoms with van der Waals surface area (Å²) in [6.45, 7) is 3.89. The molecule has 148 valence electrons. The monoisotopic (exact) mass is 396 g/mol. The molecule has 1 aliphatic heterocycles. The largest absolute Gasteiger partial charge is 0.483 e. The molecule has 1 N–H and O–H groups in total. The number of nitrogens with zero attached hydrogens (tertiary/aromatic N) is 2. The van der Waals surface area contributed by atoms with Crippen LogP contribution < -0.4 is 4.74 Å². The molecule has 2 amide bonds. The minimum Gasteiger partial charge on any atom is -0.483 e. The van der Waals surface area contributed by atoms with Crippen LogP contribution in [0.1, 0.15) is 31.7 Å². The Kier molecular flexibility index (Phi) is 7.47. The Labute approximate surface area is 163 Å². The Morgan fingerprint density at radius 3 is 2.67 bits per heavy atom. The van der Waals surface area contributed by atoms with E-state index in [2.05, 4.69) is 0 Å². The fourth-order valence-corrected chi connectivity index (χ4v) is 3.52. The van der Waals surface area contributed by atoms with Crippen LogP contribution in [0.15, 0.2) is 18.2 Å². The lowest BCUT2D eigenvalue weighted by molar-refractivity contribution is -0.145. The molecule has 0 spiro atoms. The van der Waals surface area contributed by atoms with Crippen LogP contribution in [-0.2, 0) is 14.4 Å². The van der Waals surface area contributed by atoms with E-state index in [4.69, 9.17) is 21.4 Å². The highest BCUT2D eigenvalue weighted by molar-refractivity contribution is 6.30. The maximum atomic E-state index is 12.5. The van der Waals surface area contributed by atoms with Gasteiger partial charge in [0.25, 0.3) is 5.91 Å². The molecule has 27 heavy (non-hydrogen) atoms. The number of carboxylic acids is 1. The van der Waals surface area contributed by atoms with Gasteiger partial charge in [-0.15, -0.1) is 0 Å². The highest BCUT2D eigenvalue weighted by Gasteiger charge is 2.27. The Hall–Kier alpha value is -2.28. The number of ether oxygens (including phenoxy) is 1. The van der Waals surface area contributed by atoms with Gasteiger partial charge in [0, 0.05) is 31.1 Å². The predicted molar refractivity (Wildman–Crippen MR) is 101 cm³/mol. The number of hydrogen-bond acceptors (Lipinski definition) is 4. The topological polar surface area (TPSA) is 87.2 Å². The zero-order valence-corrected chi connectivity index (χ0v) is 16.4. The molecule has 0 bridgehead atoms. The molecule has 8 heteroatoms.